The number of benzene rings is 1. The minimum atomic E-state index is -1.36. The van der Waals surface area contributed by atoms with Crippen LogP contribution in [-0.2, 0) is 14.4 Å². The van der Waals surface area contributed by atoms with E-state index in [9.17, 15) is 24.3 Å². The van der Waals surface area contributed by atoms with E-state index in [2.05, 4.69) is 15.9 Å². The summed E-state index contributed by atoms with van der Waals surface area (Å²) < 4.78 is 5.39. The molecule has 1 aromatic rings. The molecule has 1 aromatic carbocycles. The lowest BCUT2D eigenvalue weighted by Crippen LogP contribution is -2.51. The minimum absolute atomic E-state index is 0.227. The van der Waals surface area contributed by atoms with Gasteiger partial charge < -0.3 is 14.6 Å². The summed E-state index contributed by atoms with van der Waals surface area (Å²) in [4.78, 5) is 44.4. The van der Waals surface area contributed by atoms with E-state index in [1.807, 2.05) is 10.6 Å². The van der Waals surface area contributed by atoms with Crippen LogP contribution in [0.15, 0.2) is 28.2 Å². The van der Waals surface area contributed by atoms with Gasteiger partial charge in [0.15, 0.2) is 0 Å². The molecule has 9 heteroatoms. The zero-order valence-corrected chi connectivity index (χ0v) is 12.4. The Morgan fingerprint density at radius 1 is 1.23 bits per heavy atom. The largest absolute Gasteiger partial charge is 0.546 e. The lowest BCUT2D eigenvalue weighted by atomic mass is 10.1. The van der Waals surface area contributed by atoms with Gasteiger partial charge in [-0.3, -0.25) is 20.2 Å². The maximum Gasteiger partial charge on any atom is 0.328 e. The number of carboxylic acid groups (broad SMARTS) is 1. The molecule has 22 heavy (non-hydrogen) atoms. The van der Waals surface area contributed by atoms with Crippen molar-refractivity contribution in [3.8, 4) is 5.75 Å². The molecule has 4 amide bonds. The first-order chi connectivity index (χ1) is 10.4. The summed E-state index contributed by atoms with van der Waals surface area (Å²) in [6, 6.07) is 3.62. The second kappa shape index (κ2) is 6.39. The average molecular weight is 368 g/mol. The zero-order valence-electron chi connectivity index (χ0n) is 10.8. The highest BCUT2D eigenvalue weighted by molar-refractivity contribution is 9.10. The van der Waals surface area contributed by atoms with Gasteiger partial charge in [-0.1, -0.05) is 6.07 Å². The molecule has 114 valence electrons. The molecule has 0 aliphatic carbocycles. The summed E-state index contributed by atoms with van der Waals surface area (Å²) in [5.74, 6) is -2.71. The van der Waals surface area contributed by atoms with Crippen molar-refractivity contribution in [1.82, 2.24) is 10.6 Å². The molecule has 0 bridgehead atoms. The molecule has 1 fully saturated rings. The second-order valence-electron chi connectivity index (χ2n) is 4.15. The van der Waals surface area contributed by atoms with Crippen LogP contribution in [0.5, 0.6) is 5.75 Å². The summed E-state index contributed by atoms with van der Waals surface area (Å²) in [6.07, 6.45) is 1.28. The molecule has 1 aliphatic rings. The third-order valence-electron chi connectivity index (χ3n) is 2.56. The fraction of sp³-hybridized carbons (Fsp3) is 0.0769. The molecule has 0 saturated carbocycles. The number of aliphatic carboxylic acids is 1. The van der Waals surface area contributed by atoms with Crippen molar-refractivity contribution in [1.29, 1.82) is 0 Å². The molecule has 8 nitrogen and oxygen atoms in total. The number of hydrogen-bond donors (Lipinski definition) is 2. The molecular formula is C13H8BrN2O6-. The highest BCUT2D eigenvalue weighted by Gasteiger charge is 2.27. The van der Waals surface area contributed by atoms with Crippen molar-refractivity contribution < 1.29 is 29.0 Å². The minimum Gasteiger partial charge on any atom is -0.546 e. The monoisotopic (exact) mass is 367 g/mol. The number of halogens is 1. The molecular weight excluding hydrogens is 360 g/mol. The molecule has 0 spiro atoms. The number of imide groups is 2. The molecule has 2 rings (SSSR count). The Labute approximate surface area is 132 Å². The maximum atomic E-state index is 11.6. The van der Waals surface area contributed by atoms with E-state index in [0.29, 0.717) is 10.0 Å². The van der Waals surface area contributed by atoms with E-state index in [0.717, 1.165) is 0 Å². The van der Waals surface area contributed by atoms with Crippen LogP contribution in [0.25, 0.3) is 6.08 Å². The SMILES string of the molecule is O=C([O-])COc1ccc(C=C2C(=O)NC(=O)NC2=O)cc1Br. The Morgan fingerprint density at radius 2 is 1.86 bits per heavy atom. The lowest BCUT2D eigenvalue weighted by molar-refractivity contribution is -0.307. The highest BCUT2D eigenvalue weighted by atomic mass is 79.9. The van der Waals surface area contributed by atoms with E-state index < -0.39 is 30.4 Å². The van der Waals surface area contributed by atoms with Crippen molar-refractivity contribution in [3.05, 3.63) is 33.8 Å². The Bertz CT molecular complexity index is 690. The Morgan fingerprint density at radius 3 is 2.41 bits per heavy atom. The van der Waals surface area contributed by atoms with Gasteiger partial charge in [-0.2, -0.15) is 0 Å². The smallest absolute Gasteiger partial charge is 0.328 e. The lowest BCUT2D eigenvalue weighted by Gasteiger charge is -2.14. The van der Waals surface area contributed by atoms with E-state index >= 15 is 0 Å². The zero-order chi connectivity index (χ0) is 16.3. The fourth-order valence-electron chi connectivity index (χ4n) is 1.63. The molecule has 1 aliphatic heterocycles. The topological polar surface area (TPSA) is 125 Å². The van der Waals surface area contributed by atoms with Crippen LogP contribution in [0, 0.1) is 0 Å². The van der Waals surface area contributed by atoms with Gasteiger partial charge in [0, 0.05) is 0 Å². The Hall–Kier alpha value is -2.68. The van der Waals surface area contributed by atoms with Crippen LogP contribution < -0.4 is 20.5 Å². The first-order valence-corrected chi connectivity index (χ1v) is 6.66. The third-order valence-corrected chi connectivity index (χ3v) is 3.18. The van der Waals surface area contributed by atoms with Gasteiger partial charge in [0.2, 0.25) is 0 Å². The normalized spacial score (nSPS) is 14.2. The average Bonchev–Trinajstić information content (AvgIpc) is 2.41. The molecule has 1 heterocycles. The van der Waals surface area contributed by atoms with Gasteiger partial charge in [0.05, 0.1) is 10.4 Å². The van der Waals surface area contributed by atoms with Crippen LogP contribution >= 0.6 is 15.9 Å². The van der Waals surface area contributed by atoms with E-state index in [4.69, 9.17) is 4.74 Å². The van der Waals surface area contributed by atoms with E-state index in [-0.39, 0.29) is 11.3 Å². The van der Waals surface area contributed by atoms with Crippen LogP contribution in [0.3, 0.4) is 0 Å². The quantitative estimate of drug-likeness (QED) is 0.536. The maximum absolute atomic E-state index is 11.6. The standard InChI is InChI=1S/C13H9BrN2O6/c14-8-4-6(1-2-9(8)22-5-10(17)18)3-7-11(19)15-13(21)16-12(7)20/h1-4H,5H2,(H,17,18)(H2,15,16,19,20,21)/p-1. The van der Waals surface area contributed by atoms with E-state index in [1.165, 1.54) is 24.3 Å². The highest BCUT2D eigenvalue weighted by Crippen LogP contribution is 2.27. The number of carboxylic acids is 1. The number of barbiturate groups is 1. The van der Waals surface area contributed by atoms with E-state index in [1.54, 1.807) is 0 Å². The predicted octanol–water partition coefficient (Wildman–Crippen LogP) is -0.673. The van der Waals surface area contributed by atoms with Gasteiger partial charge in [0.25, 0.3) is 11.8 Å². The molecule has 2 N–H and O–H groups in total. The number of urea groups is 1. The number of amides is 4. The summed E-state index contributed by atoms with van der Waals surface area (Å²) in [7, 11) is 0. The summed E-state index contributed by atoms with van der Waals surface area (Å²) in [6.45, 7) is -0.605. The van der Waals surface area contributed by atoms with Crippen LogP contribution in [-0.4, -0.2) is 30.4 Å². The van der Waals surface area contributed by atoms with Crippen LogP contribution in [0.2, 0.25) is 0 Å². The fourth-order valence-corrected chi connectivity index (χ4v) is 2.14. The van der Waals surface area contributed by atoms with Gasteiger partial charge in [0.1, 0.15) is 17.9 Å². The van der Waals surface area contributed by atoms with Crippen molar-refractivity contribution in [2.45, 2.75) is 0 Å². The van der Waals surface area contributed by atoms with Crippen molar-refractivity contribution >= 4 is 45.8 Å². The number of rotatable bonds is 4. The molecule has 0 aromatic heterocycles. The van der Waals surface area contributed by atoms with Gasteiger partial charge in [-0.05, 0) is 39.7 Å². The Kier molecular flexibility index (Phi) is 4.56. The second-order valence-corrected chi connectivity index (χ2v) is 5.00. The number of ether oxygens (including phenoxy) is 1. The van der Waals surface area contributed by atoms with Crippen molar-refractivity contribution in [2.24, 2.45) is 0 Å². The number of carbonyl (C=O) groups excluding carboxylic acids is 4. The van der Waals surface area contributed by atoms with Crippen molar-refractivity contribution in [2.75, 3.05) is 6.61 Å². The summed E-state index contributed by atoms with van der Waals surface area (Å²) in [5, 5.41) is 14.2. The third kappa shape index (κ3) is 3.70. The van der Waals surface area contributed by atoms with Crippen LogP contribution in [0.1, 0.15) is 5.56 Å². The Balaban J connectivity index is 2.23. The molecule has 1 saturated heterocycles. The summed E-state index contributed by atoms with van der Waals surface area (Å²) in [5.41, 5.74) is 0.247. The number of carbonyl (C=O) groups is 4. The van der Waals surface area contributed by atoms with Gasteiger partial charge in [-0.25, -0.2) is 4.79 Å². The molecule has 0 radical (unpaired) electrons. The number of nitrogens with one attached hydrogen (secondary N) is 2. The van der Waals surface area contributed by atoms with Gasteiger partial charge in [-0.15, -0.1) is 0 Å². The van der Waals surface area contributed by atoms with Crippen molar-refractivity contribution in [3.63, 3.8) is 0 Å². The van der Waals surface area contributed by atoms with Crippen LogP contribution in [0.4, 0.5) is 4.79 Å². The first kappa shape index (κ1) is 15.7. The van der Waals surface area contributed by atoms with Gasteiger partial charge >= 0.3 is 6.03 Å². The molecule has 0 atom stereocenters. The molecule has 0 unspecified atom stereocenters. The predicted molar refractivity (Wildman–Crippen MR) is 74.3 cm³/mol. The number of hydrogen-bond acceptors (Lipinski definition) is 6. The summed E-state index contributed by atoms with van der Waals surface area (Å²) >= 11 is 3.18. The first-order valence-electron chi connectivity index (χ1n) is 5.87.